The highest BCUT2D eigenvalue weighted by Gasteiger charge is 2.27. The minimum Gasteiger partial charge on any atom is -0.462 e. The van der Waals surface area contributed by atoms with Gasteiger partial charge < -0.3 is 14.4 Å². The first kappa shape index (κ1) is 14.1. The molecule has 1 aromatic heterocycles. The van der Waals surface area contributed by atoms with Gasteiger partial charge in [0.15, 0.2) is 0 Å². The van der Waals surface area contributed by atoms with E-state index >= 15 is 0 Å². The Bertz CT molecular complexity index is 647. The number of carbonyl (C=O) groups is 1. The number of esters is 1. The van der Waals surface area contributed by atoms with Crippen LogP contribution in [0.25, 0.3) is 10.9 Å². The number of aromatic nitrogens is 1. The van der Waals surface area contributed by atoms with Crippen LogP contribution in [0.2, 0.25) is 0 Å². The van der Waals surface area contributed by atoms with Gasteiger partial charge in [-0.2, -0.15) is 0 Å². The maximum atomic E-state index is 12.1. The average molecular weight is 287 g/mol. The van der Waals surface area contributed by atoms with Crippen molar-refractivity contribution in [1.29, 1.82) is 0 Å². The molecule has 4 heteroatoms. The summed E-state index contributed by atoms with van der Waals surface area (Å²) in [5.41, 5.74) is 1.58. The molecule has 1 aliphatic carbocycles. The summed E-state index contributed by atoms with van der Waals surface area (Å²) >= 11 is 0. The van der Waals surface area contributed by atoms with Crippen molar-refractivity contribution in [3.8, 4) is 0 Å². The third-order valence-corrected chi connectivity index (χ3v) is 4.29. The summed E-state index contributed by atoms with van der Waals surface area (Å²) in [6, 6.07) is 7.87. The van der Waals surface area contributed by atoms with Crippen LogP contribution in [0.5, 0.6) is 0 Å². The molecule has 1 aromatic carbocycles. The van der Waals surface area contributed by atoms with Gasteiger partial charge in [-0.3, -0.25) is 0 Å². The summed E-state index contributed by atoms with van der Waals surface area (Å²) in [6.07, 6.45) is 5.46. The standard InChI is InChI=1S/C17H21NO3/c1-2-21-17(20)13-11-18(14-8-4-3-7-12(13)14)15-9-5-6-10-16(15)19/h3-4,7-8,11,15-16,19H,2,5-6,9-10H2,1H3/t15-,16-/m1/s1. The van der Waals surface area contributed by atoms with Crippen LogP contribution in [-0.2, 0) is 4.74 Å². The number of para-hydroxylation sites is 1. The Morgan fingerprint density at radius 1 is 1.33 bits per heavy atom. The van der Waals surface area contributed by atoms with Gasteiger partial charge in [-0.05, 0) is 25.8 Å². The predicted octanol–water partition coefficient (Wildman–Crippen LogP) is 3.29. The van der Waals surface area contributed by atoms with E-state index in [0.29, 0.717) is 12.2 Å². The normalized spacial score (nSPS) is 22.4. The van der Waals surface area contributed by atoms with Crippen molar-refractivity contribution in [3.63, 3.8) is 0 Å². The maximum Gasteiger partial charge on any atom is 0.340 e. The quantitative estimate of drug-likeness (QED) is 0.881. The summed E-state index contributed by atoms with van der Waals surface area (Å²) in [5, 5.41) is 11.2. The number of fused-ring (bicyclic) bond motifs is 1. The Hall–Kier alpha value is -1.81. The van der Waals surface area contributed by atoms with Crippen molar-refractivity contribution in [2.75, 3.05) is 6.61 Å². The predicted molar refractivity (Wildman–Crippen MR) is 81.4 cm³/mol. The molecule has 0 unspecified atom stereocenters. The van der Waals surface area contributed by atoms with Crippen LogP contribution >= 0.6 is 0 Å². The lowest BCUT2D eigenvalue weighted by Crippen LogP contribution is -2.27. The number of nitrogens with zero attached hydrogens (tertiary/aromatic N) is 1. The Balaban J connectivity index is 2.08. The molecule has 0 bridgehead atoms. The van der Waals surface area contributed by atoms with Crippen molar-refractivity contribution in [2.45, 2.75) is 44.8 Å². The minimum atomic E-state index is -0.343. The van der Waals surface area contributed by atoms with Crippen LogP contribution in [0.4, 0.5) is 0 Å². The first-order valence-electron chi connectivity index (χ1n) is 7.67. The Morgan fingerprint density at radius 2 is 2.10 bits per heavy atom. The molecule has 1 aliphatic rings. The Morgan fingerprint density at radius 3 is 2.86 bits per heavy atom. The molecule has 0 spiro atoms. The van der Waals surface area contributed by atoms with E-state index in [0.717, 1.165) is 36.6 Å². The van der Waals surface area contributed by atoms with Gasteiger partial charge in [0.05, 0.1) is 24.3 Å². The maximum absolute atomic E-state index is 12.1. The number of benzene rings is 1. The zero-order valence-electron chi connectivity index (χ0n) is 12.3. The number of hydrogen-bond donors (Lipinski definition) is 1. The molecule has 3 rings (SSSR count). The number of rotatable bonds is 3. The largest absolute Gasteiger partial charge is 0.462 e. The second kappa shape index (κ2) is 5.90. The molecule has 4 nitrogen and oxygen atoms in total. The molecule has 1 saturated carbocycles. The number of aliphatic hydroxyl groups is 1. The molecule has 1 fully saturated rings. The molecule has 1 N–H and O–H groups in total. The molecule has 0 amide bonds. The molecule has 0 saturated heterocycles. The number of aliphatic hydroxyl groups excluding tert-OH is 1. The highest BCUT2D eigenvalue weighted by molar-refractivity contribution is 6.04. The zero-order chi connectivity index (χ0) is 14.8. The van der Waals surface area contributed by atoms with Crippen molar-refractivity contribution in [3.05, 3.63) is 36.0 Å². The number of hydrogen-bond acceptors (Lipinski definition) is 3. The van der Waals surface area contributed by atoms with Crippen molar-refractivity contribution in [2.24, 2.45) is 0 Å². The van der Waals surface area contributed by atoms with E-state index in [9.17, 15) is 9.90 Å². The summed E-state index contributed by atoms with van der Waals surface area (Å²) in [7, 11) is 0. The third kappa shape index (κ3) is 2.56. The van der Waals surface area contributed by atoms with Gasteiger partial charge in [0.25, 0.3) is 0 Å². The number of carbonyl (C=O) groups excluding carboxylic acids is 1. The van der Waals surface area contributed by atoms with Crippen LogP contribution in [0.15, 0.2) is 30.5 Å². The Labute approximate surface area is 124 Å². The molecule has 0 radical (unpaired) electrons. The highest BCUT2D eigenvalue weighted by atomic mass is 16.5. The molecule has 0 aliphatic heterocycles. The molecule has 1 heterocycles. The first-order chi connectivity index (χ1) is 10.2. The average Bonchev–Trinajstić information content (AvgIpc) is 2.88. The van der Waals surface area contributed by atoms with Crippen LogP contribution in [-0.4, -0.2) is 28.4 Å². The lowest BCUT2D eigenvalue weighted by Gasteiger charge is -2.29. The van der Waals surface area contributed by atoms with Crippen LogP contribution < -0.4 is 0 Å². The van der Waals surface area contributed by atoms with Gasteiger partial charge in [0, 0.05) is 17.1 Å². The summed E-state index contributed by atoms with van der Waals surface area (Å²) in [4.78, 5) is 12.1. The molecular weight excluding hydrogens is 266 g/mol. The fourth-order valence-corrected chi connectivity index (χ4v) is 3.27. The molecule has 2 aromatic rings. The van der Waals surface area contributed by atoms with Gasteiger partial charge in [0.1, 0.15) is 0 Å². The SMILES string of the molecule is CCOC(=O)c1cn([C@@H]2CCCC[C@H]2O)c2ccccc12. The van der Waals surface area contributed by atoms with E-state index in [4.69, 9.17) is 4.74 Å². The van der Waals surface area contributed by atoms with E-state index in [1.165, 1.54) is 0 Å². The van der Waals surface area contributed by atoms with E-state index in [-0.39, 0.29) is 18.1 Å². The van der Waals surface area contributed by atoms with Gasteiger partial charge in [-0.1, -0.05) is 31.0 Å². The zero-order valence-corrected chi connectivity index (χ0v) is 12.3. The topological polar surface area (TPSA) is 51.5 Å². The second-order valence-electron chi connectivity index (χ2n) is 5.61. The van der Waals surface area contributed by atoms with Crippen molar-refractivity contribution < 1.29 is 14.6 Å². The van der Waals surface area contributed by atoms with Crippen LogP contribution in [0.1, 0.15) is 49.0 Å². The lowest BCUT2D eigenvalue weighted by molar-refractivity contribution is 0.0525. The van der Waals surface area contributed by atoms with Gasteiger partial charge >= 0.3 is 5.97 Å². The number of ether oxygens (including phenoxy) is 1. The van der Waals surface area contributed by atoms with Crippen molar-refractivity contribution in [1.82, 2.24) is 4.57 Å². The molecule has 21 heavy (non-hydrogen) atoms. The summed E-state index contributed by atoms with van der Waals surface area (Å²) in [6.45, 7) is 2.17. The van der Waals surface area contributed by atoms with E-state index < -0.39 is 0 Å². The fraction of sp³-hybridized carbons (Fsp3) is 0.471. The fourth-order valence-electron chi connectivity index (χ4n) is 3.27. The van der Waals surface area contributed by atoms with E-state index in [1.54, 1.807) is 0 Å². The van der Waals surface area contributed by atoms with Crippen LogP contribution in [0.3, 0.4) is 0 Å². The third-order valence-electron chi connectivity index (χ3n) is 4.29. The smallest absolute Gasteiger partial charge is 0.340 e. The molecule has 2 atom stereocenters. The van der Waals surface area contributed by atoms with Crippen LogP contribution in [0, 0.1) is 0 Å². The summed E-state index contributed by atoms with van der Waals surface area (Å²) < 4.78 is 7.21. The summed E-state index contributed by atoms with van der Waals surface area (Å²) in [5.74, 6) is -0.294. The van der Waals surface area contributed by atoms with E-state index in [2.05, 4.69) is 4.57 Å². The van der Waals surface area contributed by atoms with Gasteiger partial charge in [-0.25, -0.2) is 4.79 Å². The molecule has 112 valence electrons. The second-order valence-corrected chi connectivity index (χ2v) is 5.61. The van der Waals surface area contributed by atoms with E-state index in [1.807, 2.05) is 37.4 Å². The molecular formula is C17H21NO3. The van der Waals surface area contributed by atoms with Gasteiger partial charge in [-0.15, -0.1) is 0 Å². The monoisotopic (exact) mass is 287 g/mol. The first-order valence-corrected chi connectivity index (χ1v) is 7.67. The van der Waals surface area contributed by atoms with Crippen molar-refractivity contribution >= 4 is 16.9 Å². The highest BCUT2D eigenvalue weighted by Crippen LogP contribution is 2.33. The Kier molecular flexibility index (Phi) is 3.97. The minimum absolute atomic E-state index is 0.0480. The lowest BCUT2D eigenvalue weighted by atomic mass is 9.92. The van der Waals surface area contributed by atoms with Gasteiger partial charge in [0.2, 0.25) is 0 Å².